The fraction of sp³-hybridized carbons (Fsp3) is 0.615. The molecule has 3 heteroatoms. The molecule has 0 atom stereocenters. The van der Waals surface area contributed by atoms with Gasteiger partial charge in [-0.25, -0.2) is 0 Å². The lowest BCUT2D eigenvalue weighted by Crippen LogP contribution is -2.14. The predicted octanol–water partition coefficient (Wildman–Crippen LogP) is 2.55. The van der Waals surface area contributed by atoms with Gasteiger partial charge in [-0.3, -0.25) is 4.98 Å². The number of pyridine rings is 1. The summed E-state index contributed by atoms with van der Waals surface area (Å²) in [6.07, 6.45) is 5.34. The molecule has 1 heterocycles. The minimum absolute atomic E-state index is 0.790. The van der Waals surface area contributed by atoms with E-state index in [1.807, 2.05) is 19.1 Å². The van der Waals surface area contributed by atoms with Gasteiger partial charge >= 0.3 is 0 Å². The van der Waals surface area contributed by atoms with Crippen molar-refractivity contribution in [1.82, 2.24) is 10.3 Å². The Balaban J connectivity index is 2.05. The highest BCUT2D eigenvalue weighted by atomic mass is 16.5. The predicted molar refractivity (Wildman–Crippen MR) is 66.9 cm³/mol. The van der Waals surface area contributed by atoms with Crippen molar-refractivity contribution in [2.45, 2.75) is 33.1 Å². The first-order valence-electron chi connectivity index (χ1n) is 6.09. The molecular weight excluding hydrogens is 200 g/mol. The van der Waals surface area contributed by atoms with Crippen LogP contribution in [0.3, 0.4) is 0 Å². The molecule has 3 nitrogen and oxygen atoms in total. The summed E-state index contributed by atoms with van der Waals surface area (Å²) in [5.74, 6) is 0.911. The summed E-state index contributed by atoms with van der Waals surface area (Å²) in [7, 11) is 0. The molecule has 0 aromatic carbocycles. The third-order valence-corrected chi connectivity index (χ3v) is 2.46. The van der Waals surface area contributed by atoms with Gasteiger partial charge in [0.15, 0.2) is 0 Å². The minimum atomic E-state index is 0.790. The van der Waals surface area contributed by atoms with Crippen LogP contribution in [0.15, 0.2) is 18.3 Å². The Morgan fingerprint density at radius 1 is 1.31 bits per heavy atom. The van der Waals surface area contributed by atoms with Gasteiger partial charge in [-0.15, -0.1) is 0 Å². The van der Waals surface area contributed by atoms with Crippen LogP contribution in [0.4, 0.5) is 0 Å². The summed E-state index contributed by atoms with van der Waals surface area (Å²) in [6, 6.07) is 3.88. The Kier molecular flexibility index (Phi) is 6.58. The highest BCUT2D eigenvalue weighted by Gasteiger charge is 1.98. The Bertz CT molecular complexity index is 289. The summed E-state index contributed by atoms with van der Waals surface area (Å²) in [4.78, 5) is 4.18. The lowest BCUT2D eigenvalue weighted by Gasteiger charge is -2.07. The van der Waals surface area contributed by atoms with Crippen molar-refractivity contribution < 1.29 is 4.74 Å². The second-order valence-corrected chi connectivity index (χ2v) is 3.85. The number of ether oxygens (including phenoxy) is 1. The Hall–Kier alpha value is -1.09. The molecule has 0 unspecified atom stereocenters. The van der Waals surface area contributed by atoms with Crippen LogP contribution >= 0.6 is 0 Å². The second kappa shape index (κ2) is 8.11. The van der Waals surface area contributed by atoms with Gasteiger partial charge < -0.3 is 10.1 Å². The van der Waals surface area contributed by atoms with Gasteiger partial charge in [0.2, 0.25) is 0 Å². The van der Waals surface area contributed by atoms with E-state index < -0.39 is 0 Å². The van der Waals surface area contributed by atoms with Crippen LogP contribution in [0.25, 0.3) is 0 Å². The van der Waals surface area contributed by atoms with Crippen molar-refractivity contribution in [2.75, 3.05) is 19.7 Å². The number of unbranched alkanes of at least 4 members (excludes halogenated alkanes) is 2. The second-order valence-electron chi connectivity index (χ2n) is 3.85. The minimum Gasteiger partial charge on any atom is -0.492 e. The van der Waals surface area contributed by atoms with Crippen LogP contribution < -0.4 is 10.1 Å². The summed E-state index contributed by atoms with van der Waals surface area (Å²) < 4.78 is 5.66. The van der Waals surface area contributed by atoms with Crippen LogP contribution in [0.1, 0.15) is 31.9 Å². The largest absolute Gasteiger partial charge is 0.492 e. The van der Waals surface area contributed by atoms with Crippen LogP contribution in [-0.4, -0.2) is 24.7 Å². The number of nitrogens with one attached hydrogen (secondary N) is 1. The zero-order valence-corrected chi connectivity index (χ0v) is 10.3. The highest BCUT2D eigenvalue weighted by Crippen LogP contribution is 2.13. The SMILES string of the molecule is CCNCCCCCOc1cccnc1C. The number of aryl methyl sites for hydroxylation is 1. The van der Waals surface area contributed by atoms with Gasteiger partial charge in [0.25, 0.3) is 0 Å². The van der Waals surface area contributed by atoms with E-state index in [0.717, 1.165) is 37.6 Å². The number of nitrogens with zero attached hydrogens (tertiary/aromatic N) is 1. The van der Waals surface area contributed by atoms with Crippen molar-refractivity contribution in [1.29, 1.82) is 0 Å². The fourth-order valence-electron chi connectivity index (χ4n) is 1.51. The van der Waals surface area contributed by atoms with Gasteiger partial charge in [-0.05, 0) is 51.4 Å². The quantitative estimate of drug-likeness (QED) is 0.686. The summed E-state index contributed by atoms with van der Waals surface area (Å²) in [6.45, 7) is 7.07. The third kappa shape index (κ3) is 5.12. The van der Waals surface area contributed by atoms with Crippen LogP contribution in [0.2, 0.25) is 0 Å². The van der Waals surface area contributed by atoms with E-state index in [-0.39, 0.29) is 0 Å². The summed E-state index contributed by atoms with van der Waals surface area (Å²) >= 11 is 0. The van der Waals surface area contributed by atoms with Crippen molar-refractivity contribution in [3.8, 4) is 5.75 Å². The fourth-order valence-corrected chi connectivity index (χ4v) is 1.51. The third-order valence-electron chi connectivity index (χ3n) is 2.46. The first-order valence-corrected chi connectivity index (χ1v) is 6.09. The molecule has 0 spiro atoms. The van der Waals surface area contributed by atoms with E-state index >= 15 is 0 Å². The average Bonchev–Trinajstić information content (AvgIpc) is 2.30. The zero-order valence-electron chi connectivity index (χ0n) is 10.3. The molecule has 90 valence electrons. The first kappa shape index (κ1) is 13.0. The lowest BCUT2D eigenvalue weighted by molar-refractivity contribution is 0.301. The van der Waals surface area contributed by atoms with Crippen molar-refractivity contribution in [3.63, 3.8) is 0 Å². The molecule has 0 aliphatic rings. The van der Waals surface area contributed by atoms with Crippen LogP contribution in [-0.2, 0) is 0 Å². The van der Waals surface area contributed by atoms with Gasteiger partial charge in [0.1, 0.15) is 5.75 Å². The van der Waals surface area contributed by atoms with E-state index in [9.17, 15) is 0 Å². The maximum Gasteiger partial charge on any atom is 0.140 e. The Labute approximate surface area is 98.2 Å². The smallest absolute Gasteiger partial charge is 0.140 e. The highest BCUT2D eigenvalue weighted by molar-refractivity contribution is 5.25. The average molecular weight is 222 g/mol. The maximum absolute atomic E-state index is 5.66. The molecule has 0 aliphatic carbocycles. The van der Waals surface area contributed by atoms with Crippen LogP contribution in [0.5, 0.6) is 5.75 Å². The van der Waals surface area contributed by atoms with Crippen LogP contribution in [0, 0.1) is 6.92 Å². The summed E-state index contributed by atoms with van der Waals surface area (Å²) in [5, 5.41) is 3.32. The van der Waals surface area contributed by atoms with E-state index in [1.165, 1.54) is 12.8 Å². The molecule has 1 N–H and O–H groups in total. The number of hydrogen-bond acceptors (Lipinski definition) is 3. The summed E-state index contributed by atoms with van der Waals surface area (Å²) in [5.41, 5.74) is 0.968. The van der Waals surface area contributed by atoms with E-state index in [2.05, 4.69) is 17.2 Å². The van der Waals surface area contributed by atoms with Crippen molar-refractivity contribution in [3.05, 3.63) is 24.0 Å². The number of aromatic nitrogens is 1. The molecule has 0 bridgehead atoms. The Morgan fingerprint density at radius 2 is 2.19 bits per heavy atom. The molecule has 1 rings (SSSR count). The van der Waals surface area contributed by atoms with Crippen molar-refractivity contribution in [2.24, 2.45) is 0 Å². The normalized spacial score (nSPS) is 10.4. The topological polar surface area (TPSA) is 34.1 Å². The number of hydrogen-bond donors (Lipinski definition) is 1. The van der Waals surface area contributed by atoms with E-state index in [4.69, 9.17) is 4.74 Å². The molecule has 0 saturated carbocycles. The molecule has 0 fully saturated rings. The monoisotopic (exact) mass is 222 g/mol. The first-order chi connectivity index (χ1) is 7.84. The van der Waals surface area contributed by atoms with E-state index in [0.29, 0.717) is 0 Å². The molecule has 0 saturated heterocycles. The van der Waals surface area contributed by atoms with Crippen molar-refractivity contribution >= 4 is 0 Å². The molecular formula is C13H22N2O. The van der Waals surface area contributed by atoms with Gasteiger partial charge in [0.05, 0.1) is 12.3 Å². The Morgan fingerprint density at radius 3 is 2.94 bits per heavy atom. The van der Waals surface area contributed by atoms with E-state index in [1.54, 1.807) is 6.20 Å². The molecule has 16 heavy (non-hydrogen) atoms. The number of rotatable bonds is 8. The van der Waals surface area contributed by atoms with Gasteiger partial charge in [-0.1, -0.05) is 6.92 Å². The zero-order chi connectivity index (χ0) is 11.6. The molecule has 0 radical (unpaired) electrons. The maximum atomic E-state index is 5.66. The molecule has 0 amide bonds. The van der Waals surface area contributed by atoms with Gasteiger partial charge in [0, 0.05) is 6.20 Å². The lowest BCUT2D eigenvalue weighted by atomic mass is 10.2. The molecule has 1 aromatic heterocycles. The van der Waals surface area contributed by atoms with Gasteiger partial charge in [-0.2, -0.15) is 0 Å². The molecule has 1 aromatic rings. The standard InChI is InChI=1S/C13H22N2O/c1-3-14-9-5-4-6-11-16-13-8-7-10-15-12(13)2/h7-8,10,14H,3-6,9,11H2,1-2H3. The molecule has 0 aliphatic heterocycles.